The van der Waals surface area contributed by atoms with Gasteiger partial charge in [-0.2, -0.15) is 4.98 Å². The molecule has 1 aromatic carbocycles. The Labute approximate surface area is 128 Å². The van der Waals surface area contributed by atoms with Gasteiger partial charge in [-0.3, -0.25) is 4.79 Å². The zero-order valence-electron chi connectivity index (χ0n) is 12.6. The van der Waals surface area contributed by atoms with Crippen LogP contribution in [0.25, 0.3) is 0 Å². The molecule has 1 fully saturated rings. The number of nitrogens with one attached hydrogen (secondary N) is 1. The van der Waals surface area contributed by atoms with Crippen molar-refractivity contribution in [2.75, 3.05) is 36.5 Å². The molecule has 3 rings (SSSR count). The molecule has 1 N–H and O–H groups in total. The zero-order chi connectivity index (χ0) is 15.5. The first-order chi connectivity index (χ1) is 10.6. The van der Waals surface area contributed by atoms with E-state index in [-0.39, 0.29) is 11.7 Å². The number of rotatable bonds is 3. The number of carbonyl (C=O) groups excluding carboxylic acids is 1. The summed E-state index contributed by atoms with van der Waals surface area (Å²) in [6.07, 6.45) is 0. The van der Waals surface area contributed by atoms with Crippen molar-refractivity contribution in [3.05, 3.63) is 35.2 Å². The van der Waals surface area contributed by atoms with Crippen LogP contribution >= 0.6 is 0 Å². The fourth-order valence-corrected chi connectivity index (χ4v) is 2.26. The van der Waals surface area contributed by atoms with Crippen molar-refractivity contribution in [3.63, 3.8) is 0 Å². The highest BCUT2D eigenvalue weighted by Crippen LogP contribution is 2.19. The van der Waals surface area contributed by atoms with Crippen molar-refractivity contribution < 1.29 is 14.1 Å². The number of nitrogens with zero attached hydrogens (tertiary/aromatic N) is 3. The predicted octanol–water partition coefficient (Wildman–Crippen LogP) is 1.78. The van der Waals surface area contributed by atoms with E-state index in [0.717, 1.165) is 16.8 Å². The molecule has 1 aliphatic heterocycles. The van der Waals surface area contributed by atoms with E-state index in [1.165, 1.54) is 0 Å². The molecule has 0 bridgehead atoms. The summed E-state index contributed by atoms with van der Waals surface area (Å²) in [6.45, 7) is 6.55. The number of aromatic nitrogens is 2. The lowest BCUT2D eigenvalue weighted by Gasteiger charge is -2.24. The molecule has 0 spiro atoms. The second-order valence-electron chi connectivity index (χ2n) is 5.20. The van der Waals surface area contributed by atoms with Gasteiger partial charge in [-0.05, 0) is 36.2 Å². The number of carbonyl (C=O) groups is 1. The van der Waals surface area contributed by atoms with Crippen molar-refractivity contribution in [2.24, 2.45) is 0 Å². The Morgan fingerprint density at radius 2 is 2.05 bits per heavy atom. The van der Waals surface area contributed by atoms with Crippen LogP contribution in [-0.2, 0) is 4.74 Å². The van der Waals surface area contributed by atoms with Crippen LogP contribution < -0.4 is 10.2 Å². The Hall–Kier alpha value is -2.41. The molecule has 1 aliphatic rings. The van der Waals surface area contributed by atoms with Crippen LogP contribution in [0, 0.1) is 13.8 Å². The van der Waals surface area contributed by atoms with E-state index in [1.54, 1.807) is 0 Å². The second kappa shape index (κ2) is 6.15. The van der Waals surface area contributed by atoms with Gasteiger partial charge in [-0.25, -0.2) is 0 Å². The molecule has 1 aromatic heterocycles. The van der Waals surface area contributed by atoms with Gasteiger partial charge in [0.1, 0.15) is 0 Å². The molecule has 0 radical (unpaired) electrons. The monoisotopic (exact) mass is 302 g/mol. The largest absolute Gasteiger partial charge is 0.378 e. The standard InChI is InChI=1S/C15H18N4O3/c1-10-4-3-5-12(11(10)2)16-14(20)13-17-15(22-18-13)19-6-8-21-9-7-19/h3-5H,6-9H2,1-2H3,(H,16,20). The highest BCUT2D eigenvalue weighted by molar-refractivity contribution is 6.02. The SMILES string of the molecule is Cc1cccc(NC(=O)c2noc(N3CCOCC3)n2)c1C. The summed E-state index contributed by atoms with van der Waals surface area (Å²) in [5.74, 6) is -0.348. The van der Waals surface area contributed by atoms with Crippen LogP contribution in [0.5, 0.6) is 0 Å². The predicted molar refractivity (Wildman–Crippen MR) is 81.2 cm³/mol. The lowest BCUT2D eigenvalue weighted by Crippen LogP contribution is -2.36. The minimum absolute atomic E-state index is 0.0300. The average Bonchev–Trinajstić information content (AvgIpc) is 3.03. The normalized spacial score (nSPS) is 14.9. The molecule has 0 unspecified atom stereocenters. The van der Waals surface area contributed by atoms with Gasteiger partial charge in [-0.15, -0.1) is 0 Å². The van der Waals surface area contributed by atoms with E-state index in [9.17, 15) is 4.79 Å². The summed E-state index contributed by atoms with van der Waals surface area (Å²) in [6, 6.07) is 6.10. The summed E-state index contributed by atoms with van der Waals surface area (Å²) < 4.78 is 10.4. The summed E-state index contributed by atoms with van der Waals surface area (Å²) >= 11 is 0. The summed E-state index contributed by atoms with van der Waals surface area (Å²) in [7, 11) is 0. The Morgan fingerprint density at radius 3 is 2.82 bits per heavy atom. The van der Waals surface area contributed by atoms with Gasteiger partial charge in [0.05, 0.1) is 13.2 Å². The van der Waals surface area contributed by atoms with Crippen molar-refractivity contribution in [1.29, 1.82) is 0 Å². The van der Waals surface area contributed by atoms with E-state index in [0.29, 0.717) is 32.3 Å². The number of benzene rings is 1. The molecule has 0 saturated carbocycles. The van der Waals surface area contributed by atoms with Crippen molar-refractivity contribution in [1.82, 2.24) is 10.1 Å². The highest BCUT2D eigenvalue weighted by Gasteiger charge is 2.21. The fourth-order valence-electron chi connectivity index (χ4n) is 2.26. The van der Waals surface area contributed by atoms with Gasteiger partial charge in [-0.1, -0.05) is 12.1 Å². The topological polar surface area (TPSA) is 80.5 Å². The first kappa shape index (κ1) is 14.5. The van der Waals surface area contributed by atoms with Gasteiger partial charge >= 0.3 is 6.01 Å². The maximum Gasteiger partial charge on any atom is 0.324 e. The van der Waals surface area contributed by atoms with Crippen LogP contribution in [0.3, 0.4) is 0 Å². The number of morpholine rings is 1. The third-order valence-corrected chi connectivity index (χ3v) is 3.75. The van der Waals surface area contributed by atoms with Crippen molar-refractivity contribution >= 4 is 17.6 Å². The fraction of sp³-hybridized carbons (Fsp3) is 0.400. The van der Waals surface area contributed by atoms with Crippen LogP contribution in [0.15, 0.2) is 22.7 Å². The number of hydrogen-bond donors (Lipinski definition) is 1. The molecule has 0 aliphatic carbocycles. The Morgan fingerprint density at radius 1 is 1.27 bits per heavy atom. The lowest BCUT2D eigenvalue weighted by atomic mass is 10.1. The van der Waals surface area contributed by atoms with E-state index >= 15 is 0 Å². The molecule has 7 nitrogen and oxygen atoms in total. The average molecular weight is 302 g/mol. The maximum absolute atomic E-state index is 12.2. The van der Waals surface area contributed by atoms with E-state index < -0.39 is 0 Å². The molecule has 1 amide bonds. The first-order valence-electron chi connectivity index (χ1n) is 7.19. The first-order valence-corrected chi connectivity index (χ1v) is 7.19. The Bertz CT molecular complexity index is 677. The minimum Gasteiger partial charge on any atom is -0.378 e. The Kier molecular flexibility index (Phi) is 4.06. The van der Waals surface area contributed by atoms with Crippen molar-refractivity contribution in [2.45, 2.75) is 13.8 Å². The highest BCUT2D eigenvalue weighted by atomic mass is 16.5. The molecule has 22 heavy (non-hydrogen) atoms. The number of amides is 1. The second-order valence-corrected chi connectivity index (χ2v) is 5.20. The van der Waals surface area contributed by atoms with Crippen LogP contribution in [0.2, 0.25) is 0 Å². The van der Waals surface area contributed by atoms with Gasteiger partial charge in [0.25, 0.3) is 11.7 Å². The van der Waals surface area contributed by atoms with Gasteiger partial charge in [0.2, 0.25) is 0 Å². The maximum atomic E-state index is 12.2. The number of aryl methyl sites for hydroxylation is 1. The summed E-state index contributed by atoms with van der Waals surface area (Å²) in [4.78, 5) is 18.3. The van der Waals surface area contributed by atoms with E-state index in [1.807, 2.05) is 36.9 Å². The third kappa shape index (κ3) is 2.94. The van der Waals surface area contributed by atoms with E-state index in [4.69, 9.17) is 9.26 Å². The lowest BCUT2D eigenvalue weighted by molar-refractivity contribution is 0.101. The quantitative estimate of drug-likeness (QED) is 0.931. The summed E-state index contributed by atoms with van der Waals surface area (Å²) in [5, 5.41) is 6.58. The number of anilines is 2. The number of hydrogen-bond acceptors (Lipinski definition) is 6. The van der Waals surface area contributed by atoms with Crippen LogP contribution in [0.4, 0.5) is 11.7 Å². The molecular weight excluding hydrogens is 284 g/mol. The third-order valence-electron chi connectivity index (χ3n) is 3.75. The number of ether oxygens (including phenoxy) is 1. The molecule has 1 saturated heterocycles. The van der Waals surface area contributed by atoms with Gasteiger partial charge in [0.15, 0.2) is 0 Å². The molecular formula is C15H18N4O3. The summed E-state index contributed by atoms with van der Waals surface area (Å²) in [5.41, 5.74) is 2.88. The molecule has 0 atom stereocenters. The molecule has 7 heteroatoms. The smallest absolute Gasteiger partial charge is 0.324 e. The van der Waals surface area contributed by atoms with Gasteiger partial charge in [0, 0.05) is 18.8 Å². The molecule has 2 aromatic rings. The van der Waals surface area contributed by atoms with Crippen molar-refractivity contribution in [3.8, 4) is 0 Å². The molecule has 116 valence electrons. The van der Waals surface area contributed by atoms with Gasteiger partial charge < -0.3 is 19.5 Å². The van der Waals surface area contributed by atoms with Crippen LogP contribution in [-0.4, -0.2) is 42.4 Å². The zero-order valence-corrected chi connectivity index (χ0v) is 12.6. The molecule has 2 heterocycles. The van der Waals surface area contributed by atoms with Crippen LogP contribution in [0.1, 0.15) is 21.7 Å². The Balaban J connectivity index is 1.72. The van der Waals surface area contributed by atoms with E-state index in [2.05, 4.69) is 15.5 Å². The minimum atomic E-state index is -0.378.